The maximum absolute atomic E-state index is 14.2. The number of nitrogens with one attached hydrogen (secondary N) is 2. The quantitative estimate of drug-likeness (QED) is 0.433. The maximum atomic E-state index is 14.2. The molecule has 3 aromatic rings. The van der Waals surface area contributed by atoms with Crippen LogP contribution in [0, 0.1) is 5.92 Å². The number of H-pyrrole nitrogens is 1. The lowest BCUT2D eigenvalue weighted by atomic mass is 9.72. The molecule has 1 aliphatic carbocycles. The molecule has 4 aliphatic heterocycles. The number of hydrogen-bond acceptors (Lipinski definition) is 6. The van der Waals surface area contributed by atoms with E-state index >= 15 is 0 Å². The van der Waals surface area contributed by atoms with E-state index in [4.69, 9.17) is 4.74 Å². The smallest absolute Gasteiger partial charge is 0.280 e. The number of nitrogens with zero attached hydrogens (tertiary/aromatic N) is 3. The van der Waals surface area contributed by atoms with Gasteiger partial charge in [0.15, 0.2) is 0 Å². The van der Waals surface area contributed by atoms with Gasteiger partial charge >= 0.3 is 0 Å². The maximum Gasteiger partial charge on any atom is 0.280 e. The number of aliphatic hydroxyl groups is 1. The van der Waals surface area contributed by atoms with E-state index < -0.39 is 29.6 Å². The zero-order valence-corrected chi connectivity index (χ0v) is 24.5. The molecular formula is C33H37N5O5. The molecule has 5 heterocycles. The van der Waals surface area contributed by atoms with Crippen LogP contribution in [0.1, 0.15) is 48.8 Å². The minimum absolute atomic E-state index is 0.171. The van der Waals surface area contributed by atoms with Crippen molar-refractivity contribution in [3.8, 4) is 0 Å². The van der Waals surface area contributed by atoms with Crippen LogP contribution in [0.5, 0.6) is 0 Å². The molecule has 1 aromatic heterocycles. The van der Waals surface area contributed by atoms with Crippen molar-refractivity contribution in [2.45, 2.75) is 74.7 Å². The minimum atomic E-state index is -2.03. The Labute approximate surface area is 250 Å². The fourth-order valence-corrected chi connectivity index (χ4v) is 8.65. The standard InChI is InChI=1S/C33H37N5O5/c1-32(35-29(39)21-15-23-22-10-6-11-24-28(22)20(17-34-24)16-25(23)36(2)18-21)31(41)38-26(14-19-8-4-3-5-9-19)30(40)37-13-7-12-27(37)33(38,42)43-32/h3-6,8-11,17,21,23,25-27,34,42H,7,12-16,18H2,1-2H3,(H,35,39)/t21-,23-,25+,26+,27-,32+,33+/m1/s1. The van der Waals surface area contributed by atoms with Gasteiger partial charge in [0.25, 0.3) is 11.8 Å². The van der Waals surface area contributed by atoms with E-state index in [1.54, 1.807) is 4.90 Å². The second-order valence-electron chi connectivity index (χ2n) is 13.2. The summed E-state index contributed by atoms with van der Waals surface area (Å²) in [5.74, 6) is -3.31. The molecule has 4 fully saturated rings. The van der Waals surface area contributed by atoms with Crippen molar-refractivity contribution < 1.29 is 24.2 Å². The minimum Gasteiger partial charge on any atom is -0.361 e. The molecule has 0 unspecified atom stereocenters. The summed E-state index contributed by atoms with van der Waals surface area (Å²) in [5.41, 5.74) is 2.74. The Hall–Kier alpha value is -3.73. The number of carbonyl (C=O) groups is 3. The second kappa shape index (κ2) is 9.38. The van der Waals surface area contributed by atoms with Crippen LogP contribution in [-0.4, -0.2) is 92.4 Å². The highest BCUT2D eigenvalue weighted by molar-refractivity contribution is 5.97. The largest absolute Gasteiger partial charge is 0.361 e. The van der Waals surface area contributed by atoms with E-state index in [1.807, 2.05) is 30.3 Å². The number of rotatable bonds is 4. The molecule has 5 aliphatic rings. The molecule has 4 saturated heterocycles. The molecule has 43 heavy (non-hydrogen) atoms. The molecular weight excluding hydrogens is 546 g/mol. The summed E-state index contributed by atoms with van der Waals surface area (Å²) < 4.78 is 6.25. The van der Waals surface area contributed by atoms with E-state index in [0.717, 1.165) is 17.5 Å². The van der Waals surface area contributed by atoms with E-state index in [-0.39, 0.29) is 36.1 Å². The van der Waals surface area contributed by atoms with Gasteiger partial charge in [-0.05, 0) is 62.4 Å². The van der Waals surface area contributed by atoms with Crippen LogP contribution in [0.2, 0.25) is 0 Å². The topological polar surface area (TPSA) is 118 Å². The molecule has 0 bridgehead atoms. The van der Waals surface area contributed by atoms with Crippen LogP contribution in [0.15, 0.2) is 54.7 Å². The van der Waals surface area contributed by atoms with E-state index in [2.05, 4.69) is 46.6 Å². The molecule has 7 atom stereocenters. The van der Waals surface area contributed by atoms with Gasteiger partial charge in [-0.1, -0.05) is 42.5 Å². The molecule has 0 radical (unpaired) electrons. The molecule has 0 spiro atoms. The first-order valence-corrected chi connectivity index (χ1v) is 15.4. The summed E-state index contributed by atoms with van der Waals surface area (Å²) >= 11 is 0. The molecule has 10 nitrogen and oxygen atoms in total. The van der Waals surface area contributed by atoms with E-state index in [9.17, 15) is 19.5 Å². The van der Waals surface area contributed by atoms with Crippen molar-refractivity contribution in [1.82, 2.24) is 25.0 Å². The predicted molar refractivity (Wildman–Crippen MR) is 157 cm³/mol. The van der Waals surface area contributed by atoms with Gasteiger partial charge in [-0.2, -0.15) is 0 Å². The fourth-order valence-electron chi connectivity index (χ4n) is 8.65. The fraction of sp³-hybridized carbons (Fsp3) is 0.485. The number of ether oxygens (including phenoxy) is 1. The highest BCUT2D eigenvalue weighted by Gasteiger charge is 2.70. The van der Waals surface area contributed by atoms with Crippen LogP contribution in [0.4, 0.5) is 0 Å². The number of piperidine rings is 1. The van der Waals surface area contributed by atoms with Gasteiger partial charge in [0, 0.05) is 48.6 Å². The first kappa shape index (κ1) is 26.9. The molecule has 0 saturated carbocycles. The van der Waals surface area contributed by atoms with Crippen molar-refractivity contribution in [2.75, 3.05) is 20.1 Å². The Kier molecular flexibility index (Phi) is 5.86. The SMILES string of the molecule is CN1C[C@H](C(=O)N[C@@]2(C)O[C@@]3(O)[C@H]4CCCN4C(=O)[C@H](Cc4ccccc4)N3C2=O)C[C@@H]2c3cccc4[nH]cc(c34)C[C@@H]21. The Morgan fingerprint density at radius 1 is 1.16 bits per heavy atom. The number of amides is 3. The molecule has 3 amide bonds. The van der Waals surface area contributed by atoms with Crippen LogP contribution in [0.3, 0.4) is 0 Å². The van der Waals surface area contributed by atoms with Gasteiger partial charge in [0.1, 0.15) is 12.1 Å². The Morgan fingerprint density at radius 3 is 2.79 bits per heavy atom. The highest BCUT2D eigenvalue weighted by atomic mass is 16.7. The summed E-state index contributed by atoms with van der Waals surface area (Å²) in [4.78, 5) is 50.4. The van der Waals surface area contributed by atoms with Crippen LogP contribution in [-0.2, 0) is 32.0 Å². The average molecular weight is 584 g/mol. The van der Waals surface area contributed by atoms with Crippen LogP contribution in [0.25, 0.3) is 10.9 Å². The average Bonchev–Trinajstić information content (AvgIpc) is 3.70. The van der Waals surface area contributed by atoms with Gasteiger partial charge in [-0.3, -0.25) is 24.0 Å². The van der Waals surface area contributed by atoms with Gasteiger partial charge in [0.05, 0.1) is 5.92 Å². The summed E-state index contributed by atoms with van der Waals surface area (Å²) in [5, 5.41) is 16.2. The first-order chi connectivity index (χ1) is 20.7. The monoisotopic (exact) mass is 583 g/mol. The summed E-state index contributed by atoms with van der Waals surface area (Å²) in [6, 6.07) is 14.4. The van der Waals surface area contributed by atoms with Crippen molar-refractivity contribution in [3.05, 3.63) is 71.4 Å². The number of piperazine rings is 1. The number of fused-ring (bicyclic) bond motifs is 5. The van der Waals surface area contributed by atoms with Crippen molar-refractivity contribution in [2.24, 2.45) is 5.92 Å². The number of likely N-dealkylation sites (N-methyl/N-ethyl adjacent to an activating group) is 1. The van der Waals surface area contributed by atoms with E-state index in [0.29, 0.717) is 32.4 Å². The van der Waals surface area contributed by atoms with Crippen molar-refractivity contribution in [3.63, 3.8) is 0 Å². The number of likely N-dealkylation sites (tertiary alicyclic amines) is 1. The number of aromatic amines is 1. The third kappa shape index (κ3) is 3.86. The zero-order valence-electron chi connectivity index (χ0n) is 24.5. The number of benzene rings is 2. The van der Waals surface area contributed by atoms with Crippen molar-refractivity contribution >= 4 is 28.6 Å². The molecule has 2 aromatic carbocycles. The van der Waals surface area contributed by atoms with E-state index in [1.165, 1.54) is 28.3 Å². The third-order valence-electron chi connectivity index (χ3n) is 10.6. The first-order valence-electron chi connectivity index (χ1n) is 15.4. The molecule has 3 N–H and O–H groups in total. The zero-order chi connectivity index (χ0) is 29.7. The van der Waals surface area contributed by atoms with Crippen molar-refractivity contribution in [1.29, 1.82) is 0 Å². The Morgan fingerprint density at radius 2 is 1.98 bits per heavy atom. The normalized spacial score (nSPS) is 35.2. The van der Waals surface area contributed by atoms with Crippen LogP contribution < -0.4 is 5.32 Å². The summed E-state index contributed by atoms with van der Waals surface area (Å²) in [6.45, 7) is 2.56. The van der Waals surface area contributed by atoms with Gasteiger partial charge < -0.3 is 25.2 Å². The summed E-state index contributed by atoms with van der Waals surface area (Å²) in [7, 11) is 2.06. The highest BCUT2D eigenvalue weighted by Crippen LogP contribution is 2.47. The lowest BCUT2D eigenvalue weighted by molar-refractivity contribution is -0.315. The molecule has 10 heteroatoms. The van der Waals surface area contributed by atoms with Gasteiger partial charge in [-0.25, -0.2) is 0 Å². The lowest BCUT2D eigenvalue weighted by Gasteiger charge is -2.48. The Bertz CT molecular complexity index is 1640. The van der Waals surface area contributed by atoms with Gasteiger partial charge in [-0.15, -0.1) is 0 Å². The molecule has 8 rings (SSSR count). The Balaban J connectivity index is 1.08. The predicted octanol–water partition coefficient (Wildman–Crippen LogP) is 2.08. The number of aromatic nitrogens is 1. The summed E-state index contributed by atoms with van der Waals surface area (Å²) in [6.07, 6.45) is 5.13. The second-order valence-corrected chi connectivity index (χ2v) is 13.2. The number of carbonyl (C=O) groups excluding carboxylic acids is 3. The lowest BCUT2D eigenvalue weighted by Crippen LogP contribution is -2.71. The van der Waals surface area contributed by atoms with Gasteiger partial charge in [0.2, 0.25) is 17.5 Å². The van der Waals surface area contributed by atoms with Crippen LogP contribution >= 0.6 is 0 Å². The number of hydrogen-bond donors (Lipinski definition) is 3. The molecule has 224 valence electrons. The third-order valence-corrected chi connectivity index (χ3v) is 10.6.